The van der Waals surface area contributed by atoms with Gasteiger partial charge >= 0.3 is 0 Å². The van der Waals surface area contributed by atoms with E-state index in [9.17, 15) is 9.59 Å². The van der Waals surface area contributed by atoms with Crippen molar-refractivity contribution in [2.75, 3.05) is 6.54 Å². The molecule has 3 aliphatic heterocycles. The zero-order chi connectivity index (χ0) is 25.5. The van der Waals surface area contributed by atoms with Crippen molar-refractivity contribution >= 4 is 11.8 Å². The van der Waals surface area contributed by atoms with Gasteiger partial charge in [-0.25, -0.2) is 9.67 Å². The van der Waals surface area contributed by atoms with Crippen LogP contribution in [-0.4, -0.2) is 49.0 Å². The van der Waals surface area contributed by atoms with Crippen LogP contribution >= 0.6 is 0 Å². The van der Waals surface area contributed by atoms with E-state index in [1.165, 1.54) is 5.56 Å². The van der Waals surface area contributed by atoms with E-state index in [4.69, 9.17) is 4.74 Å². The second kappa shape index (κ2) is 9.48. The van der Waals surface area contributed by atoms with E-state index in [1.807, 2.05) is 29.8 Å². The highest BCUT2D eigenvalue weighted by atomic mass is 16.5. The van der Waals surface area contributed by atoms with Gasteiger partial charge in [0.25, 0.3) is 5.91 Å². The van der Waals surface area contributed by atoms with Gasteiger partial charge in [-0.15, -0.1) is 0 Å². The summed E-state index contributed by atoms with van der Waals surface area (Å²) in [6.07, 6.45) is 1.26. The van der Waals surface area contributed by atoms with E-state index in [-0.39, 0.29) is 11.8 Å². The number of carbonyl (C=O) groups excluding carboxylic acids is 2. The second-order valence-electron chi connectivity index (χ2n) is 9.98. The van der Waals surface area contributed by atoms with Gasteiger partial charge in [0, 0.05) is 29.9 Å². The molecule has 1 saturated heterocycles. The van der Waals surface area contributed by atoms with Crippen molar-refractivity contribution in [3.05, 3.63) is 88.6 Å². The number of aromatic nitrogens is 3. The number of aryl methyl sites for hydroxylation is 1. The van der Waals surface area contributed by atoms with Crippen LogP contribution in [0, 0.1) is 6.92 Å². The molecule has 1 aromatic heterocycles. The van der Waals surface area contributed by atoms with Crippen molar-refractivity contribution in [2.24, 2.45) is 0 Å². The summed E-state index contributed by atoms with van der Waals surface area (Å²) >= 11 is 0. The van der Waals surface area contributed by atoms with Crippen molar-refractivity contribution in [3.63, 3.8) is 0 Å². The van der Waals surface area contributed by atoms with Gasteiger partial charge in [0.1, 0.15) is 30.0 Å². The number of carbonyl (C=O) groups is 2. The van der Waals surface area contributed by atoms with E-state index >= 15 is 0 Å². The van der Waals surface area contributed by atoms with Crippen LogP contribution in [0.4, 0.5) is 0 Å². The minimum absolute atomic E-state index is 0.122. The molecule has 190 valence electrons. The fourth-order valence-electron chi connectivity index (χ4n) is 5.38. The summed E-state index contributed by atoms with van der Waals surface area (Å²) in [6.45, 7) is 10.0. The number of fused-ring (bicyclic) bond motifs is 2. The first-order valence-corrected chi connectivity index (χ1v) is 12.7. The first-order chi connectivity index (χ1) is 17.9. The van der Waals surface area contributed by atoms with Crippen LogP contribution in [-0.2, 0) is 37.6 Å². The molecule has 0 saturated carbocycles. The lowest BCUT2D eigenvalue weighted by atomic mass is 10.0. The molecule has 1 fully saturated rings. The minimum Gasteiger partial charge on any atom is -0.489 e. The maximum absolute atomic E-state index is 13.1. The van der Waals surface area contributed by atoms with Crippen molar-refractivity contribution in [2.45, 2.75) is 58.6 Å². The first kappa shape index (κ1) is 23.4. The van der Waals surface area contributed by atoms with E-state index in [1.54, 1.807) is 4.90 Å². The molecular formula is C28H30N6O3. The zero-order valence-electron chi connectivity index (χ0n) is 20.9. The van der Waals surface area contributed by atoms with Crippen LogP contribution in [0.15, 0.2) is 54.7 Å². The van der Waals surface area contributed by atoms with Crippen LogP contribution in [0.5, 0.6) is 5.75 Å². The highest BCUT2D eigenvalue weighted by Crippen LogP contribution is 2.34. The van der Waals surface area contributed by atoms with Gasteiger partial charge in [0.2, 0.25) is 5.91 Å². The quantitative estimate of drug-likeness (QED) is 0.562. The number of piperidine rings is 1. The Morgan fingerprint density at radius 1 is 1.08 bits per heavy atom. The van der Waals surface area contributed by atoms with E-state index in [2.05, 4.69) is 51.1 Å². The highest BCUT2D eigenvalue weighted by molar-refractivity contribution is 6.02. The second-order valence-corrected chi connectivity index (χ2v) is 9.98. The molecule has 0 bridgehead atoms. The van der Waals surface area contributed by atoms with Gasteiger partial charge in [-0.3, -0.25) is 14.5 Å². The third-order valence-corrected chi connectivity index (χ3v) is 7.32. The van der Waals surface area contributed by atoms with Crippen LogP contribution in [0.2, 0.25) is 0 Å². The standard InChI is InChI=1S/C28H30N6O3/c1-18-6-11-24(27(35)29-18)33-15-23-22(28(33)36)4-3-5-25(23)37-17-21-9-7-20(8-10-21)14-32-12-13-34-26(16-32)30-19(2)31-34/h3-5,7-10,24H,1,6,11-17H2,2H3,(H,29,35). The smallest absolute Gasteiger partial charge is 0.255 e. The molecule has 37 heavy (non-hydrogen) atoms. The molecule has 1 N–H and O–H groups in total. The SMILES string of the molecule is C=C1CCC(N2Cc3c(OCc4ccc(CN5CCn6nc(C)nc6C5)cc4)cccc3C2=O)C(=O)N1. The molecular weight excluding hydrogens is 468 g/mol. The van der Waals surface area contributed by atoms with Crippen molar-refractivity contribution in [1.82, 2.24) is 29.9 Å². The van der Waals surface area contributed by atoms with Crippen molar-refractivity contribution in [1.29, 1.82) is 0 Å². The summed E-state index contributed by atoms with van der Waals surface area (Å²) in [6, 6.07) is 13.5. The first-order valence-electron chi connectivity index (χ1n) is 12.7. The highest BCUT2D eigenvalue weighted by Gasteiger charge is 2.39. The monoisotopic (exact) mass is 498 g/mol. The molecule has 9 heteroatoms. The molecule has 3 aromatic rings. The number of ether oxygens (including phenoxy) is 1. The summed E-state index contributed by atoms with van der Waals surface area (Å²) in [4.78, 5) is 34.1. The summed E-state index contributed by atoms with van der Waals surface area (Å²) in [7, 11) is 0. The predicted octanol–water partition coefficient (Wildman–Crippen LogP) is 2.93. The fraction of sp³-hybridized carbons (Fsp3) is 0.357. The molecule has 0 spiro atoms. The Balaban J connectivity index is 1.08. The van der Waals surface area contributed by atoms with Gasteiger partial charge in [0.15, 0.2) is 0 Å². The van der Waals surface area contributed by atoms with Crippen LogP contribution in [0.3, 0.4) is 0 Å². The Morgan fingerprint density at radius 2 is 1.89 bits per heavy atom. The maximum Gasteiger partial charge on any atom is 0.255 e. The number of allylic oxidation sites excluding steroid dienone is 1. The van der Waals surface area contributed by atoms with Crippen molar-refractivity contribution < 1.29 is 14.3 Å². The summed E-state index contributed by atoms with van der Waals surface area (Å²) in [5.74, 6) is 2.25. The van der Waals surface area contributed by atoms with E-state index < -0.39 is 6.04 Å². The Hall–Kier alpha value is -3.98. The fourth-order valence-corrected chi connectivity index (χ4v) is 5.38. The normalized spacial score (nSPS) is 19.5. The summed E-state index contributed by atoms with van der Waals surface area (Å²) in [5, 5.41) is 7.21. The molecule has 9 nitrogen and oxygen atoms in total. The zero-order valence-corrected chi connectivity index (χ0v) is 20.9. The molecule has 1 unspecified atom stereocenters. The Labute approximate surface area is 215 Å². The average Bonchev–Trinajstić information content (AvgIpc) is 3.42. The van der Waals surface area contributed by atoms with Crippen LogP contribution in [0.25, 0.3) is 0 Å². The van der Waals surface area contributed by atoms with Gasteiger partial charge in [0.05, 0.1) is 19.6 Å². The number of hydrogen-bond acceptors (Lipinski definition) is 6. The lowest BCUT2D eigenvalue weighted by Crippen LogP contribution is -2.49. The summed E-state index contributed by atoms with van der Waals surface area (Å²) < 4.78 is 8.17. The molecule has 3 aliphatic rings. The molecule has 0 aliphatic carbocycles. The number of rotatable bonds is 6. The lowest BCUT2D eigenvalue weighted by Gasteiger charge is -2.31. The topological polar surface area (TPSA) is 92.6 Å². The van der Waals surface area contributed by atoms with E-state index in [0.29, 0.717) is 43.0 Å². The van der Waals surface area contributed by atoms with Crippen LogP contribution in [0.1, 0.15) is 51.5 Å². The Bertz CT molecular complexity index is 1380. The number of hydrogen-bond donors (Lipinski definition) is 1. The van der Waals surface area contributed by atoms with Crippen LogP contribution < -0.4 is 10.1 Å². The minimum atomic E-state index is -0.480. The molecule has 6 rings (SSSR count). The number of benzene rings is 2. The van der Waals surface area contributed by atoms with Gasteiger partial charge in [-0.1, -0.05) is 36.9 Å². The van der Waals surface area contributed by atoms with Crippen molar-refractivity contribution in [3.8, 4) is 5.75 Å². The number of nitrogens with one attached hydrogen (secondary N) is 1. The van der Waals surface area contributed by atoms with E-state index in [0.717, 1.165) is 49.0 Å². The number of nitrogens with zero attached hydrogens (tertiary/aromatic N) is 5. The average molecular weight is 499 g/mol. The molecule has 2 amide bonds. The predicted molar refractivity (Wildman–Crippen MR) is 136 cm³/mol. The Kier molecular flexibility index (Phi) is 6.00. The van der Waals surface area contributed by atoms with Gasteiger partial charge in [-0.2, -0.15) is 5.10 Å². The third-order valence-electron chi connectivity index (χ3n) is 7.32. The number of amides is 2. The summed E-state index contributed by atoms with van der Waals surface area (Å²) in [5.41, 5.74) is 4.45. The molecule has 1 atom stereocenters. The molecule has 4 heterocycles. The maximum atomic E-state index is 13.1. The molecule has 0 radical (unpaired) electrons. The molecule has 2 aromatic carbocycles. The van der Waals surface area contributed by atoms with Gasteiger partial charge in [-0.05, 0) is 43.0 Å². The Morgan fingerprint density at radius 3 is 2.70 bits per heavy atom. The third kappa shape index (κ3) is 4.62. The lowest BCUT2D eigenvalue weighted by molar-refractivity contribution is -0.126. The largest absolute Gasteiger partial charge is 0.489 e. The van der Waals surface area contributed by atoms with Gasteiger partial charge < -0.3 is 15.0 Å².